The van der Waals surface area contributed by atoms with Gasteiger partial charge in [-0.1, -0.05) is 82.9 Å². The van der Waals surface area contributed by atoms with Gasteiger partial charge in [0.2, 0.25) is 0 Å². The Balaban J connectivity index is 1.87. The average Bonchev–Trinajstić information content (AvgIpc) is 2.90. The second-order valence-electron chi connectivity index (χ2n) is 13.7. The molecule has 0 radical (unpaired) electrons. The molecule has 0 spiro atoms. The van der Waals surface area contributed by atoms with Crippen molar-refractivity contribution in [1.29, 1.82) is 0 Å². The summed E-state index contributed by atoms with van der Waals surface area (Å²) in [6.07, 6.45) is -3.48. The molecule has 0 aliphatic carbocycles. The van der Waals surface area contributed by atoms with E-state index in [-0.39, 0.29) is 5.04 Å². The van der Waals surface area contributed by atoms with Crippen LogP contribution in [0.1, 0.15) is 31.9 Å². The van der Waals surface area contributed by atoms with Crippen molar-refractivity contribution in [2.75, 3.05) is 20.3 Å². The molecule has 0 bridgehead atoms. The third kappa shape index (κ3) is 10.3. The number of methoxy groups -OCH3 is 1. The highest BCUT2D eigenvalue weighted by atomic mass is 28.4. The summed E-state index contributed by atoms with van der Waals surface area (Å²) in [5.74, 6) is 0.787. The van der Waals surface area contributed by atoms with Gasteiger partial charge in [-0.15, -0.1) is 0 Å². The molecule has 1 N–H and O–H groups in total. The quantitative estimate of drug-likeness (QED) is 0.243. The van der Waals surface area contributed by atoms with Crippen molar-refractivity contribution < 1.29 is 33.2 Å². The minimum absolute atomic E-state index is 0.0417. The summed E-state index contributed by atoms with van der Waals surface area (Å²) in [5.41, 5.74) is 2.00. The molecule has 41 heavy (non-hydrogen) atoms. The van der Waals surface area contributed by atoms with Crippen LogP contribution in [0.2, 0.25) is 43.8 Å². The van der Waals surface area contributed by atoms with Gasteiger partial charge in [0.1, 0.15) is 30.2 Å². The average molecular weight is 605 g/mol. The number of hydrogen-bond acceptors (Lipinski definition) is 7. The van der Waals surface area contributed by atoms with E-state index in [4.69, 9.17) is 28.1 Å². The Morgan fingerprint density at radius 1 is 0.780 bits per heavy atom. The van der Waals surface area contributed by atoms with Crippen LogP contribution in [0, 0.1) is 0 Å². The Labute approximate surface area is 249 Å². The van der Waals surface area contributed by atoms with E-state index in [0.29, 0.717) is 26.4 Å². The van der Waals surface area contributed by atoms with Gasteiger partial charge in [-0.05, 0) is 47.4 Å². The summed E-state index contributed by atoms with van der Waals surface area (Å²) in [6, 6.07) is 18.7. The zero-order chi connectivity index (χ0) is 30.3. The molecular weight excluding hydrogens is 553 g/mol. The first-order chi connectivity index (χ1) is 19.2. The van der Waals surface area contributed by atoms with Crippen molar-refractivity contribution in [3.8, 4) is 5.75 Å². The summed E-state index contributed by atoms with van der Waals surface area (Å²) in [7, 11) is -1.78. The number of hydrogen-bond donors (Lipinski definition) is 1. The molecule has 9 heteroatoms. The first kappa shape index (κ1) is 33.9. The van der Waals surface area contributed by atoms with Crippen LogP contribution in [0.3, 0.4) is 0 Å². The fraction of sp³-hybridized carbons (Fsp3) is 0.625. The third-order valence-corrected chi connectivity index (χ3v) is 14.3. The predicted molar refractivity (Wildman–Crippen MR) is 169 cm³/mol. The highest BCUT2D eigenvalue weighted by molar-refractivity contribution is 6.76. The molecule has 0 unspecified atom stereocenters. The van der Waals surface area contributed by atoms with E-state index in [1.807, 2.05) is 54.6 Å². The molecule has 230 valence electrons. The van der Waals surface area contributed by atoms with E-state index >= 15 is 0 Å². The van der Waals surface area contributed by atoms with Gasteiger partial charge in [0, 0.05) is 14.7 Å². The minimum Gasteiger partial charge on any atom is -0.497 e. The normalized spacial score (nSPS) is 23.9. The van der Waals surface area contributed by atoms with Crippen molar-refractivity contribution in [2.45, 2.75) is 109 Å². The summed E-state index contributed by atoms with van der Waals surface area (Å²) in [6.45, 7) is 19.6. The maximum atomic E-state index is 11.3. The molecule has 0 aromatic heterocycles. The molecule has 1 fully saturated rings. The molecule has 5 atom stereocenters. The first-order valence-corrected chi connectivity index (χ1v) is 21.3. The molecular formula is C32H52O7Si2. The Morgan fingerprint density at radius 2 is 1.37 bits per heavy atom. The van der Waals surface area contributed by atoms with Crippen LogP contribution >= 0.6 is 0 Å². The number of benzene rings is 2. The Hall–Kier alpha value is -1.57. The summed E-state index contributed by atoms with van der Waals surface area (Å²) in [5, 5.41) is 11.3. The van der Waals surface area contributed by atoms with Crippen molar-refractivity contribution >= 4 is 16.4 Å². The number of aliphatic hydroxyl groups excluding tert-OH is 1. The van der Waals surface area contributed by atoms with E-state index in [1.165, 1.54) is 0 Å². The van der Waals surface area contributed by atoms with Gasteiger partial charge in [-0.2, -0.15) is 0 Å². The molecule has 2 aromatic rings. The lowest BCUT2D eigenvalue weighted by atomic mass is 9.98. The fourth-order valence-electron chi connectivity index (χ4n) is 4.29. The molecule has 1 heterocycles. The van der Waals surface area contributed by atoms with Gasteiger partial charge in [0.05, 0.1) is 26.9 Å². The van der Waals surface area contributed by atoms with Crippen LogP contribution in [-0.4, -0.2) is 72.5 Å². The molecule has 2 aromatic carbocycles. The minimum atomic E-state index is -2.07. The van der Waals surface area contributed by atoms with Gasteiger partial charge in [0.25, 0.3) is 0 Å². The maximum absolute atomic E-state index is 11.3. The lowest BCUT2D eigenvalue weighted by molar-refractivity contribution is -0.312. The van der Waals surface area contributed by atoms with Gasteiger partial charge in [0.15, 0.2) is 14.6 Å². The first-order valence-electron chi connectivity index (χ1n) is 14.7. The zero-order valence-electron chi connectivity index (χ0n) is 26.5. The molecule has 1 aliphatic heterocycles. The fourth-order valence-corrected chi connectivity index (χ4v) is 6.03. The summed E-state index contributed by atoms with van der Waals surface area (Å²) in [4.78, 5) is 0. The highest BCUT2D eigenvalue weighted by Gasteiger charge is 2.49. The van der Waals surface area contributed by atoms with Gasteiger partial charge >= 0.3 is 0 Å². The molecule has 0 amide bonds. The van der Waals surface area contributed by atoms with Gasteiger partial charge < -0.3 is 33.2 Å². The number of aliphatic hydroxyl groups is 1. The molecule has 1 aliphatic rings. The SMILES string of the molecule is COc1ccc(CO[C@@H]2[C@@H](OCc3ccccc3)[C@@H](O)O[C@H](CO[Si](C)(C)C(C)(C)C)[C@@H]2OCC[Si](C)(C)C)cc1. The van der Waals surface area contributed by atoms with Crippen molar-refractivity contribution in [3.05, 3.63) is 65.7 Å². The van der Waals surface area contributed by atoms with Crippen LogP contribution in [0.4, 0.5) is 0 Å². The summed E-state index contributed by atoms with van der Waals surface area (Å²) >= 11 is 0. The van der Waals surface area contributed by atoms with Crippen molar-refractivity contribution in [2.24, 2.45) is 0 Å². The van der Waals surface area contributed by atoms with Crippen LogP contribution in [0.15, 0.2) is 54.6 Å². The number of ether oxygens (including phenoxy) is 5. The lowest BCUT2D eigenvalue weighted by Crippen LogP contribution is -2.62. The molecule has 1 saturated heterocycles. The second-order valence-corrected chi connectivity index (χ2v) is 24.1. The van der Waals surface area contributed by atoms with E-state index in [9.17, 15) is 5.11 Å². The van der Waals surface area contributed by atoms with E-state index in [1.54, 1.807) is 7.11 Å². The topological polar surface area (TPSA) is 75.6 Å². The van der Waals surface area contributed by atoms with Gasteiger partial charge in [-0.25, -0.2) is 0 Å². The van der Waals surface area contributed by atoms with Crippen LogP contribution in [0.25, 0.3) is 0 Å². The Morgan fingerprint density at radius 3 is 1.93 bits per heavy atom. The Bertz CT molecular complexity index is 1030. The predicted octanol–water partition coefficient (Wildman–Crippen LogP) is 6.63. The zero-order valence-corrected chi connectivity index (χ0v) is 28.5. The monoisotopic (exact) mass is 604 g/mol. The van der Waals surface area contributed by atoms with Crippen LogP contribution in [0.5, 0.6) is 5.75 Å². The standard InChI is InChI=1S/C32H52O7Si2/c1-32(2,3)41(8,9)38-23-27-28(35-19-20-40(5,6)7)29(36-22-25-15-17-26(34-4)18-16-25)30(31(33)39-27)37-21-24-13-11-10-12-14-24/h10-18,27-31,33H,19-23H2,1-9H3/t27-,28+,29+,30-,31+/m1/s1. The van der Waals surface area contributed by atoms with Crippen molar-refractivity contribution in [3.63, 3.8) is 0 Å². The number of rotatable bonds is 14. The smallest absolute Gasteiger partial charge is 0.192 e. The van der Waals surface area contributed by atoms with Gasteiger partial charge in [-0.3, -0.25) is 0 Å². The van der Waals surface area contributed by atoms with Crippen molar-refractivity contribution in [1.82, 2.24) is 0 Å². The van der Waals surface area contributed by atoms with Crippen LogP contribution < -0.4 is 4.74 Å². The van der Waals surface area contributed by atoms with E-state index < -0.39 is 47.1 Å². The second kappa shape index (κ2) is 14.7. The van der Waals surface area contributed by atoms with Crippen LogP contribution in [-0.2, 0) is 36.6 Å². The lowest BCUT2D eigenvalue weighted by Gasteiger charge is -2.46. The molecule has 3 rings (SSSR count). The molecule has 7 nitrogen and oxygen atoms in total. The van der Waals surface area contributed by atoms with E-state index in [2.05, 4.69) is 53.5 Å². The van der Waals surface area contributed by atoms with E-state index in [0.717, 1.165) is 22.9 Å². The third-order valence-electron chi connectivity index (χ3n) is 8.07. The Kier molecular flexibility index (Phi) is 12.2. The highest BCUT2D eigenvalue weighted by Crippen LogP contribution is 2.38. The maximum Gasteiger partial charge on any atom is 0.192 e. The summed E-state index contributed by atoms with van der Waals surface area (Å²) < 4.78 is 37.6. The largest absolute Gasteiger partial charge is 0.497 e. The molecule has 0 saturated carbocycles.